The first-order valence-corrected chi connectivity index (χ1v) is 10.8. The second-order valence-electron chi connectivity index (χ2n) is 7.74. The Balaban J connectivity index is 1.47. The van der Waals surface area contributed by atoms with Crippen LogP contribution in [0.2, 0.25) is 5.02 Å². The van der Waals surface area contributed by atoms with Gasteiger partial charge in [-0.3, -0.25) is 14.5 Å². The summed E-state index contributed by atoms with van der Waals surface area (Å²) in [6.45, 7) is 3.23. The van der Waals surface area contributed by atoms with E-state index >= 15 is 0 Å². The first-order valence-electron chi connectivity index (χ1n) is 10.4. The Morgan fingerprint density at radius 3 is 2.38 bits per heavy atom. The van der Waals surface area contributed by atoms with Crippen molar-refractivity contribution < 1.29 is 27.5 Å². The highest BCUT2D eigenvalue weighted by Gasteiger charge is 2.33. The first-order chi connectivity index (χ1) is 16.1. The van der Waals surface area contributed by atoms with E-state index in [0.29, 0.717) is 37.5 Å². The van der Waals surface area contributed by atoms with E-state index in [4.69, 9.17) is 21.6 Å². The number of ether oxygens (including phenoxy) is 1. The minimum absolute atomic E-state index is 0.00400. The Morgan fingerprint density at radius 1 is 1.15 bits per heavy atom. The van der Waals surface area contributed by atoms with Crippen LogP contribution in [0.25, 0.3) is 0 Å². The Labute approximate surface area is 199 Å². The van der Waals surface area contributed by atoms with Gasteiger partial charge in [0.15, 0.2) is 6.10 Å². The Bertz CT molecular complexity index is 1080. The summed E-state index contributed by atoms with van der Waals surface area (Å²) in [5.74, 6) is -0.187. The third kappa shape index (κ3) is 6.62. The average Bonchev–Trinajstić information content (AvgIpc) is 2.80. The van der Waals surface area contributed by atoms with Gasteiger partial charge in [-0.05, 0) is 49.4 Å². The summed E-state index contributed by atoms with van der Waals surface area (Å²) in [5, 5.41) is 10.9. The molecule has 3 rings (SSSR count). The van der Waals surface area contributed by atoms with Gasteiger partial charge in [-0.2, -0.15) is 18.4 Å². The van der Waals surface area contributed by atoms with Crippen molar-refractivity contribution in [3.05, 3.63) is 58.6 Å². The predicted molar refractivity (Wildman–Crippen MR) is 119 cm³/mol. The smallest absolute Gasteiger partial charge is 0.417 e. The standard InChI is InChI=1S/C23H22ClF3N4O3/c1-15(34-18-5-2-16(13-28)3-6-18)22(33)31-10-8-30(9-11-31)14-21(32)29-17-4-7-20(24)19(12-17)23(25,26)27/h2-7,12,15H,8-11,14H2,1H3,(H,29,32). The van der Waals surface area contributed by atoms with Crippen molar-refractivity contribution in [3.63, 3.8) is 0 Å². The topological polar surface area (TPSA) is 85.7 Å². The van der Waals surface area contributed by atoms with Crippen LogP contribution in [0.5, 0.6) is 5.75 Å². The number of nitrogens with zero attached hydrogens (tertiary/aromatic N) is 3. The molecule has 1 saturated heterocycles. The average molecular weight is 495 g/mol. The van der Waals surface area contributed by atoms with Crippen molar-refractivity contribution in [1.82, 2.24) is 9.80 Å². The van der Waals surface area contributed by atoms with E-state index in [0.717, 1.165) is 12.1 Å². The summed E-state index contributed by atoms with van der Waals surface area (Å²) in [6.07, 6.45) is -5.35. The maximum Gasteiger partial charge on any atom is 0.417 e. The highest BCUT2D eigenvalue weighted by molar-refractivity contribution is 6.31. The lowest BCUT2D eigenvalue weighted by molar-refractivity contribution is -0.140. The van der Waals surface area contributed by atoms with Gasteiger partial charge in [-0.25, -0.2) is 0 Å². The van der Waals surface area contributed by atoms with E-state index in [-0.39, 0.29) is 18.1 Å². The van der Waals surface area contributed by atoms with Gasteiger partial charge in [-0.1, -0.05) is 11.6 Å². The SMILES string of the molecule is CC(Oc1ccc(C#N)cc1)C(=O)N1CCN(CC(=O)Nc2ccc(Cl)c(C(F)(F)F)c2)CC1. The molecule has 0 spiro atoms. The third-order valence-electron chi connectivity index (χ3n) is 5.25. The zero-order valence-electron chi connectivity index (χ0n) is 18.2. The Hall–Kier alpha value is -3.29. The second kappa shape index (κ2) is 10.8. The van der Waals surface area contributed by atoms with Gasteiger partial charge < -0.3 is 15.0 Å². The molecule has 1 unspecified atom stereocenters. The molecule has 0 radical (unpaired) electrons. The number of piperazine rings is 1. The molecule has 180 valence electrons. The minimum Gasteiger partial charge on any atom is -0.481 e. The Kier molecular flexibility index (Phi) is 8.02. The minimum atomic E-state index is -4.62. The fraction of sp³-hybridized carbons (Fsp3) is 0.348. The fourth-order valence-electron chi connectivity index (χ4n) is 3.47. The van der Waals surface area contributed by atoms with Gasteiger partial charge in [0.2, 0.25) is 5.91 Å². The van der Waals surface area contributed by atoms with Crippen LogP contribution in [0.15, 0.2) is 42.5 Å². The quantitative estimate of drug-likeness (QED) is 0.660. The molecule has 0 aliphatic carbocycles. The van der Waals surface area contributed by atoms with Crippen molar-refractivity contribution in [2.75, 3.05) is 38.0 Å². The number of anilines is 1. The molecule has 11 heteroatoms. The molecule has 0 bridgehead atoms. The van der Waals surface area contributed by atoms with E-state index in [2.05, 4.69) is 5.32 Å². The fourth-order valence-corrected chi connectivity index (χ4v) is 3.69. The van der Waals surface area contributed by atoms with Gasteiger partial charge in [0.05, 0.1) is 28.8 Å². The maximum atomic E-state index is 13.0. The number of halogens is 4. The van der Waals surface area contributed by atoms with Crippen molar-refractivity contribution in [3.8, 4) is 11.8 Å². The summed E-state index contributed by atoms with van der Waals surface area (Å²) in [6, 6.07) is 11.7. The van der Waals surface area contributed by atoms with Crippen molar-refractivity contribution >= 4 is 29.1 Å². The molecule has 34 heavy (non-hydrogen) atoms. The monoisotopic (exact) mass is 494 g/mol. The number of benzene rings is 2. The third-order valence-corrected chi connectivity index (χ3v) is 5.58. The molecule has 7 nitrogen and oxygen atoms in total. The number of carbonyl (C=O) groups is 2. The molecule has 1 atom stereocenters. The summed E-state index contributed by atoms with van der Waals surface area (Å²) < 4.78 is 44.6. The number of amides is 2. The van der Waals surface area contributed by atoms with Crippen LogP contribution < -0.4 is 10.1 Å². The molecule has 1 heterocycles. The van der Waals surface area contributed by atoms with Gasteiger partial charge in [0, 0.05) is 31.9 Å². The number of rotatable bonds is 6. The molecule has 1 aliphatic rings. The Morgan fingerprint density at radius 2 is 1.79 bits per heavy atom. The lowest BCUT2D eigenvalue weighted by atomic mass is 10.2. The maximum absolute atomic E-state index is 13.0. The summed E-state index contributed by atoms with van der Waals surface area (Å²) in [5.41, 5.74) is -0.524. The molecular weight excluding hydrogens is 473 g/mol. The van der Waals surface area contributed by atoms with Crippen LogP contribution in [0, 0.1) is 11.3 Å². The highest BCUT2D eigenvalue weighted by Crippen LogP contribution is 2.36. The van der Waals surface area contributed by atoms with E-state index in [1.807, 2.05) is 11.0 Å². The van der Waals surface area contributed by atoms with E-state index in [1.165, 1.54) is 6.07 Å². The van der Waals surface area contributed by atoms with Crippen molar-refractivity contribution in [2.45, 2.75) is 19.2 Å². The van der Waals surface area contributed by atoms with Gasteiger partial charge in [0.1, 0.15) is 5.75 Å². The zero-order chi connectivity index (χ0) is 24.9. The molecule has 2 aromatic rings. The molecule has 2 amide bonds. The zero-order valence-corrected chi connectivity index (χ0v) is 19.0. The summed E-state index contributed by atoms with van der Waals surface area (Å²) >= 11 is 5.60. The van der Waals surface area contributed by atoms with Gasteiger partial charge >= 0.3 is 6.18 Å². The highest BCUT2D eigenvalue weighted by atomic mass is 35.5. The van der Waals surface area contributed by atoms with Gasteiger partial charge in [-0.15, -0.1) is 0 Å². The largest absolute Gasteiger partial charge is 0.481 e. The van der Waals surface area contributed by atoms with Crippen LogP contribution in [0.1, 0.15) is 18.1 Å². The normalized spacial score (nSPS) is 15.4. The number of hydrogen-bond acceptors (Lipinski definition) is 5. The first kappa shape index (κ1) is 25.3. The molecule has 1 aliphatic heterocycles. The number of hydrogen-bond donors (Lipinski definition) is 1. The summed E-state index contributed by atoms with van der Waals surface area (Å²) in [4.78, 5) is 28.4. The summed E-state index contributed by atoms with van der Waals surface area (Å²) in [7, 11) is 0. The molecule has 1 fully saturated rings. The van der Waals surface area contributed by atoms with Crippen molar-refractivity contribution in [2.24, 2.45) is 0 Å². The van der Waals surface area contributed by atoms with Gasteiger partial charge in [0.25, 0.3) is 5.91 Å². The number of carbonyl (C=O) groups excluding carboxylic acids is 2. The molecule has 1 N–H and O–H groups in total. The van der Waals surface area contributed by atoms with Crippen LogP contribution in [0.3, 0.4) is 0 Å². The van der Waals surface area contributed by atoms with E-state index < -0.39 is 28.8 Å². The van der Waals surface area contributed by atoms with Crippen molar-refractivity contribution in [1.29, 1.82) is 5.26 Å². The van der Waals surface area contributed by atoms with Crippen LogP contribution in [-0.4, -0.2) is 60.4 Å². The van der Waals surface area contributed by atoms with Crippen LogP contribution >= 0.6 is 11.6 Å². The molecule has 2 aromatic carbocycles. The van der Waals surface area contributed by atoms with E-state index in [1.54, 1.807) is 36.1 Å². The molecular formula is C23H22ClF3N4O3. The van der Waals surface area contributed by atoms with Crippen LogP contribution in [0.4, 0.5) is 18.9 Å². The molecule has 0 aromatic heterocycles. The molecule has 0 saturated carbocycles. The van der Waals surface area contributed by atoms with Crippen LogP contribution in [-0.2, 0) is 15.8 Å². The van der Waals surface area contributed by atoms with E-state index in [9.17, 15) is 22.8 Å². The predicted octanol–water partition coefficient (Wildman–Crippen LogP) is 3.78. The lowest BCUT2D eigenvalue weighted by Crippen LogP contribution is -2.53. The number of alkyl halides is 3. The number of nitrogens with one attached hydrogen (secondary N) is 1. The second-order valence-corrected chi connectivity index (χ2v) is 8.15. The number of nitriles is 1. The lowest BCUT2D eigenvalue weighted by Gasteiger charge is -2.35.